The van der Waals surface area contributed by atoms with Crippen molar-refractivity contribution in [3.05, 3.63) is 17.0 Å². The van der Waals surface area contributed by atoms with Crippen molar-refractivity contribution in [1.82, 2.24) is 14.7 Å². The van der Waals surface area contributed by atoms with Gasteiger partial charge in [-0.25, -0.2) is 0 Å². The van der Waals surface area contributed by atoms with E-state index in [2.05, 4.69) is 29.9 Å². The molecule has 0 bridgehead atoms. The Kier molecular flexibility index (Phi) is 2.97. The summed E-state index contributed by atoms with van der Waals surface area (Å²) in [5.41, 5.74) is 3.66. The predicted molar refractivity (Wildman–Crippen MR) is 61.8 cm³/mol. The summed E-state index contributed by atoms with van der Waals surface area (Å²) < 4.78 is 1.94. The molecule has 0 N–H and O–H groups in total. The van der Waals surface area contributed by atoms with Gasteiger partial charge in [-0.2, -0.15) is 10.4 Å². The van der Waals surface area contributed by atoms with Crippen LogP contribution in [0.15, 0.2) is 0 Å². The van der Waals surface area contributed by atoms with Crippen LogP contribution in [0.4, 0.5) is 0 Å². The molecular weight excluding hydrogens is 200 g/mol. The molecule has 4 nitrogen and oxygen atoms in total. The normalized spacial score (nSPS) is 21.2. The number of rotatable bonds is 2. The highest BCUT2D eigenvalue weighted by atomic mass is 15.3. The van der Waals surface area contributed by atoms with Crippen LogP contribution in [0.25, 0.3) is 0 Å². The molecule has 0 aliphatic carbocycles. The topological polar surface area (TPSA) is 44.9 Å². The average Bonchev–Trinajstić information content (AvgIpc) is 2.75. The number of hydrogen-bond donors (Lipinski definition) is 0. The average molecular weight is 218 g/mol. The molecule has 0 saturated carbocycles. The number of hydrogen-bond acceptors (Lipinski definition) is 3. The van der Waals surface area contributed by atoms with Crippen molar-refractivity contribution in [2.75, 3.05) is 13.1 Å². The molecule has 2 heterocycles. The third-order valence-electron chi connectivity index (χ3n) is 3.54. The van der Waals surface area contributed by atoms with Crippen LogP contribution < -0.4 is 0 Å². The standard InChI is InChI=1S/C12H18N4/c1-9-12(10(2)15(3)14-9)11-5-4-7-16(11)8-6-13/h11H,4-5,7-8H2,1-3H3/t11-/m1/s1. The molecule has 86 valence electrons. The second-order valence-electron chi connectivity index (χ2n) is 4.49. The van der Waals surface area contributed by atoms with Gasteiger partial charge in [0.15, 0.2) is 0 Å². The van der Waals surface area contributed by atoms with Crippen LogP contribution in [0.3, 0.4) is 0 Å². The van der Waals surface area contributed by atoms with Gasteiger partial charge in [0.2, 0.25) is 0 Å². The largest absolute Gasteiger partial charge is 0.283 e. The predicted octanol–water partition coefficient (Wildman–Crippen LogP) is 1.70. The summed E-state index contributed by atoms with van der Waals surface area (Å²) >= 11 is 0. The highest BCUT2D eigenvalue weighted by molar-refractivity contribution is 5.29. The minimum Gasteiger partial charge on any atom is -0.283 e. The molecule has 1 aromatic heterocycles. The lowest BCUT2D eigenvalue weighted by Gasteiger charge is -2.22. The first-order valence-electron chi connectivity index (χ1n) is 5.76. The minimum absolute atomic E-state index is 0.397. The zero-order valence-electron chi connectivity index (χ0n) is 10.2. The summed E-state index contributed by atoms with van der Waals surface area (Å²) in [6.45, 7) is 5.73. The van der Waals surface area contributed by atoms with Crippen LogP contribution in [0.5, 0.6) is 0 Å². The van der Waals surface area contributed by atoms with Crippen molar-refractivity contribution in [2.24, 2.45) is 7.05 Å². The van der Waals surface area contributed by atoms with E-state index in [4.69, 9.17) is 5.26 Å². The second-order valence-corrected chi connectivity index (χ2v) is 4.49. The van der Waals surface area contributed by atoms with Gasteiger partial charge in [0.1, 0.15) is 0 Å². The van der Waals surface area contributed by atoms with Crippen molar-refractivity contribution in [2.45, 2.75) is 32.7 Å². The first kappa shape index (κ1) is 11.2. The van der Waals surface area contributed by atoms with Crippen molar-refractivity contribution >= 4 is 0 Å². The summed E-state index contributed by atoms with van der Waals surface area (Å²) in [7, 11) is 1.98. The number of aryl methyl sites for hydroxylation is 2. The Morgan fingerprint density at radius 2 is 2.25 bits per heavy atom. The van der Waals surface area contributed by atoms with Gasteiger partial charge in [-0.05, 0) is 33.2 Å². The molecule has 1 aliphatic rings. The summed E-state index contributed by atoms with van der Waals surface area (Å²) in [6, 6.07) is 2.65. The molecule has 0 amide bonds. The maximum Gasteiger partial charge on any atom is 0.0871 e. The number of nitrogens with zero attached hydrogens (tertiary/aromatic N) is 4. The lowest BCUT2D eigenvalue weighted by Crippen LogP contribution is -2.24. The minimum atomic E-state index is 0.397. The molecule has 1 fully saturated rings. The van der Waals surface area contributed by atoms with Gasteiger partial charge in [0.25, 0.3) is 0 Å². The van der Waals surface area contributed by atoms with E-state index in [0.717, 1.165) is 18.7 Å². The maximum atomic E-state index is 8.82. The van der Waals surface area contributed by atoms with E-state index < -0.39 is 0 Å². The lowest BCUT2D eigenvalue weighted by molar-refractivity contribution is 0.287. The van der Waals surface area contributed by atoms with E-state index in [0.29, 0.717) is 12.6 Å². The Bertz CT molecular complexity index is 427. The van der Waals surface area contributed by atoms with Gasteiger partial charge in [0, 0.05) is 24.3 Å². The quantitative estimate of drug-likeness (QED) is 0.710. The van der Waals surface area contributed by atoms with Crippen LogP contribution in [0, 0.1) is 25.2 Å². The van der Waals surface area contributed by atoms with E-state index in [1.165, 1.54) is 17.7 Å². The van der Waals surface area contributed by atoms with Gasteiger partial charge < -0.3 is 0 Å². The van der Waals surface area contributed by atoms with Gasteiger partial charge in [-0.15, -0.1) is 0 Å². The van der Waals surface area contributed by atoms with Gasteiger partial charge in [0.05, 0.1) is 18.3 Å². The highest BCUT2D eigenvalue weighted by Crippen LogP contribution is 2.34. The molecule has 1 saturated heterocycles. The van der Waals surface area contributed by atoms with Gasteiger partial charge >= 0.3 is 0 Å². The van der Waals surface area contributed by atoms with Crippen LogP contribution in [0.2, 0.25) is 0 Å². The Morgan fingerprint density at radius 3 is 2.81 bits per heavy atom. The van der Waals surface area contributed by atoms with Crippen LogP contribution in [-0.4, -0.2) is 27.8 Å². The molecule has 1 aromatic rings. The SMILES string of the molecule is Cc1nn(C)c(C)c1[C@H]1CCCN1CC#N. The molecular formula is C12H18N4. The molecule has 1 aliphatic heterocycles. The molecule has 0 spiro atoms. The molecule has 16 heavy (non-hydrogen) atoms. The lowest BCUT2D eigenvalue weighted by atomic mass is 10.0. The Balaban J connectivity index is 2.33. The van der Waals surface area contributed by atoms with E-state index in [-0.39, 0.29) is 0 Å². The summed E-state index contributed by atoms with van der Waals surface area (Å²) in [4.78, 5) is 2.26. The zero-order chi connectivity index (χ0) is 11.7. The first-order valence-corrected chi connectivity index (χ1v) is 5.76. The first-order chi connectivity index (χ1) is 7.65. The molecule has 4 heteroatoms. The molecule has 2 rings (SSSR count). The van der Waals surface area contributed by atoms with E-state index in [9.17, 15) is 0 Å². The second kappa shape index (κ2) is 4.26. The van der Waals surface area contributed by atoms with Crippen molar-refractivity contribution < 1.29 is 0 Å². The Labute approximate surface area is 96.5 Å². The van der Waals surface area contributed by atoms with Crippen LogP contribution >= 0.6 is 0 Å². The third-order valence-corrected chi connectivity index (χ3v) is 3.54. The number of nitriles is 1. The Hall–Kier alpha value is -1.34. The van der Waals surface area contributed by atoms with Crippen LogP contribution in [-0.2, 0) is 7.05 Å². The van der Waals surface area contributed by atoms with Crippen LogP contribution in [0.1, 0.15) is 35.8 Å². The highest BCUT2D eigenvalue weighted by Gasteiger charge is 2.29. The van der Waals surface area contributed by atoms with E-state index in [1.807, 2.05) is 11.7 Å². The van der Waals surface area contributed by atoms with Crippen molar-refractivity contribution in [3.63, 3.8) is 0 Å². The van der Waals surface area contributed by atoms with Crippen molar-refractivity contribution in [3.8, 4) is 6.07 Å². The summed E-state index contributed by atoms with van der Waals surface area (Å²) in [5, 5.41) is 13.3. The third kappa shape index (κ3) is 1.72. The molecule has 0 radical (unpaired) electrons. The Morgan fingerprint density at radius 1 is 1.50 bits per heavy atom. The fourth-order valence-electron chi connectivity index (χ4n) is 2.71. The smallest absolute Gasteiger partial charge is 0.0871 e. The zero-order valence-corrected chi connectivity index (χ0v) is 10.2. The van der Waals surface area contributed by atoms with Gasteiger partial charge in [-0.3, -0.25) is 9.58 Å². The monoisotopic (exact) mass is 218 g/mol. The molecule has 0 unspecified atom stereocenters. The molecule has 0 aromatic carbocycles. The van der Waals surface area contributed by atoms with Gasteiger partial charge in [-0.1, -0.05) is 0 Å². The fraction of sp³-hybridized carbons (Fsp3) is 0.667. The van der Waals surface area contributed by atoms with Crippen molar-refractivity contribution in [1.29, 1.82) is 5.26 Å². The van der Waals surface area contributed by atoms with E-state index in [1.54, 1.807) is 0 Å². The maximum absolute atomic E-state index is 8.82. The number of likely N-dealkylation sites (tertiary alicyclic amines) is 1. The van der Waals surface area contributed by atoms with E-state index >= 15 is 0 Å². The summed E-state index contributed by atoms with van der Waals surface area (Å²) in [6.07, 6.45) is 2.33. The molecule has 1 atom stereocenters. The summed E-state index contributed by atoms with van der Waals surface area (Å²) in [5.74, 6) is 0. The fourth-order valence-corrected chi connectivity index (χ4v) is 2.71. The number of aromatic nitrogens is 2.